The van der Waals surface area contributed by atoms with E-state index in [1.165, 1.54) is 39.9 Å². The highest BCUT2D eigenvalue weighted by molar-refractivity contribution is 7.89. The molecule has 6 nitrogen and oxygen atoms in total. The number of hydrogen-bond acceptors (Lipinski definition) is 4. The molecule has 1 amide bonds. The second kappa shape index (κ2) is 8.50. The number of sulfonamides is 1. The molecule has 0 bridgehead atoms. The largest absolute Gasteiger partial charge is 0.317 e. The van der Waals surface area contributed by atoms with E-state index in [1.807, 2.05) is 18.4 Å². The summed E-state index contributed by atoms with van der Waals surface area (Å²) in [5.74, 6) is -0.418. The minimum Gasteiger partial charge on any atom is -0.317 e. The van der Waals surface area contributed by atoms with Crippen LogP contribution in [0, 0.1) is 13.8 Å². The number of carbonyl (C=O) groups excluding carboxylic acids is 1. The molecular formula is C22H24ClN3O3S2. The van der Waals surface area contributed by atoms with E-state index >= 15 is 0 Å². The maximum atomic E-state index is 13.2. The van der Waals surface area contributed by atoms with Crippen LogP contribution in [0.5, 0.6) is 0 Å². The Hall–Kier alpha value is -2.00. The smallest absolute Gasteiger partial charge is 0.266 e. The molecule has 9 heteroatoms. The first-order valence-corrected chi connectivity index (χ1v) is 12.8. The van der Waals surface area contributed by atoms with Gasteiger partial charge in [0.2, 0.25) is 10.0 Å². The molecule has 0 N–H and O–H groups in total. The summed E-state index contributed by atoms with van der Waals surface area (Å²) in [7, 11) is -3.80. The summed E-state index contributed by atoms with van der Waals surface area (Å²) in [5.41, 5.74) is 3.34. The Morgan fingerprint density at radius 3 is 2.61 bits per heavy atom. The van der Waals surface area contributed by atoms with Crippen molar-refractivity contribution >= 4 is 49.1 Å². The fourth-order valence-corrected chi connectivity index (χ4v) is 7.02. The van der Waals surface area contributed by atoms with Gasteiger partial charge in [-0.3, -0.25) is 4.79 Å². The molecule has 1 unspecified atom stereocenters. The molecule has 1 aliphatic heterocycles. The molecular weight excluding hydrogens is 454 g/mol. The molecule has 1 saturated heterocycles. The molecule has 1 aliphatic rings. The summed E-state index contributed by atoms with van der Waals surface area (Å²) in [4.78, 5) is 18.3. The molecule has 2 aromatic carbocycles. The first kappa shape index (κ1) is 22.2. The summed E-state index contributed by atoms with van der Waals surface area (Å²) in [5, 5.41) is 0.461. The average Bonchev–Trinajstić information content (AvgIpc) is 3.33. The lowest BCUT2D eigenvalue weighted by Gasteiger charge is -2.21. The van der Waals surface area contributed by atoms with Crippen LogP contribution in [0.1, 0.15) is 30.9 Å². The Balaban J connectivity index is 1.73. The summed E-state index contributed by atoms with van der Waals surface area (Å²) in [6.07, 6.45) is 1.08. The van der Waals surface area contributed by atoms with Crippen LogP contribution < -0.4 is 4.80 Å². The second-order valence-electron chi connectivity index (χ2n) is 7.74. The fraction of sp³-hybridized carbons (Fsp3) is 0.364. The number of aryl methyl sites for hydroxylation is 3. The standard InChI is InChI=1S/C22H24ClN3O3S2/c1-4-25-19-13-14(2)12-15(3)20(19)30-22(25)24-21(27)18-6-5-11-26(18)31(28,29)17-9-7-16(23)8-10-17/h7-10,12-13,18H,4-6,11H2,1-3H3. The van der Waals surface area contributed by atoms with Crippen molar-refractivity contribution in [2.75, 3.05) is 6.54 Å². The van der Waals surface area contributed by atoms with Crippen LogP contribution in [0.4, 0.5) is 0 Å². The first-order chi connectivity index (χ1) is 14.7. The summed E-state index contributed by atoms with van der Waals surface area (Å²) >= 11 is 7.37. The van der Waals surface area contributed by atoms with Crippen molar-refractivity contribution in [3.05, 3.63) is 57.3 Å². The minimum absolute atomic E-state index is 0.133. The van der Waals surface area contributed by atoms with Gasteiger partial charge in [0.25, 0.3) is 5.91 Å². The Kier molecular flexibility index (Phi) is 6.09. The number of carbonyl (C=O) groups is 1. The third-order valence-corrected chi connectivity index (χ3v) is 8.95. The summed E-state index contributed by atoms with van der Waals surface area (Å²) in [6.45, 7) is 7.08. The predicted molar refractivity (Wildman–Crippen MR) is 124 cm³/mol. The molecule has 2 heterocycles. The van der Waals surface area contributed by atoms with Crippen LogP contribution in [0.25, 0.3) is 10.2 Å². The van der Waals surface area contributed by atoms with E-state index in [-0.39, 0.29) is 4.90 Å². The molecule has 164 valence electrons. The van der Waals surface area contributed by atoms with Crippen molar-refractivity contribution in [3.63, 3.8) is 0 Å². The second-order valence-corrected chi connectivity index (χ2v) is 11.0. The van der Waals surface area contributed by atoms with Gasteiger partial charge in [0.1, 0.15) is 6.04 Å². The van der Waals surface area contributed by atoms with E-state index in [1.54, 1.807) is 0 Å². The molecule has 1 aromatic heterocycles. The Bertz CT molecular complexity index is 1320. The van der Waals surface area contributed by atoms with Gasteiger partial charge in [-0.25, -0.2) is 8.42 Å². The van der Waals surface area contributed by atoms with Gasteiger partial charge in [0, 0.05) is 18.1 Å². The Morgan fingerprint density at radius 1 is 1.23 bits per heavy atom. The van der Waals surface area contributed by atoms with Crippen molar-refractivity contribution in [3.8, 4) is 0 Å². The van der Waals surface area contributed by atoms with Gasteiger partial charge in [0.05, 0.1) is 15.1 Å². The Labute approximate surface area is 190 Å². The van der Waals surface area contributed by atoms with Crippen LogP contribution in [0.3, 0.4) is 0 Å². The predicted octanol–water partition coefficient (Wildman–Crippen LogP) is 4.27. The van der Waals surface area contributed by atoms with E-state index in [2.05, 4.69) is 24.0 Å². The number of halogens is 1. The molecule has 31 heavy (non-hydrogen) atoms. The number of nitrogens with zero attached hydrogens (tertiary/aromatic N) is 3. The normalized spacial score (nSPS) is 18.2. The number of rotatable bonds is 4. The molecule has 0 radical (unpaired) electrons. The minimum atomic E-state index is -3.80. The third kappa shape index (κ3) is 4.09. The molecule has 4 rings (SSSR count). The van der Waals surface area contributed by atoms with Gasteiger partial charge in [-0.2, -0.15) is 9.30 Å². The topological polar surface area (TPSA) is 71.7 Å². The van der Waals surface area contributed by atoms with Crippen LogP contribution in [-0.4, -0.2) is 35.8 Å². The van der Waals surface area contributed by atoms with E-state index < -0.39 is 22.0 Å². The van der Waals surface area contributed by atoms with Crippen molar-refractivity contribution in [1.82, 2.24) is 8.87 Å². The lowest BCUT2D eigenvalue weighted by atomic mass is 10.1. The average molecular weight is 478 g/mol. The van der Waals surface area contributed by atoms with Gasteiger partial charge in [-0.15, -0.1) is 0 Å². The van der Waals surface area contributed by atoms with Crippen LogP contribution >= 0.6 is 22.9 Å². The number of thiazole rings is 1. The number of fused-ring (bicyclic) bond motifs is 1. The number of benzene rings is 2. The summed E-state index contributed by atoms with van der Waals surface area (Å²) in [6, 6.07) is 9.43. The van der Waals surface area contributed by atoms with Gasteiger partial charge < -0.3 is 4.57 Å². The molecule has 0 saturated carbocycles. The zero-order valence-corrected chi connectivity index (χ0v) is 20.0. The number of aromatic nitrogens is 1. The first-order valence-electron chi connectivity index (χ1n) is 10.2. The molecule has 0 aliphatic carbocycles. The van der Waals surface area contributed by atoms with Crippen LogP contribution in [-0.2, 0) is 21.4 Å². The van der Waals surface area contributed by atoms with Gasteiger partial charge >= 0.3 is 0 Å². The third-order valence-electron chi connectivity index (χ3n) is 5.55. The SMILES string of the molecule is CCn1c(=NC(=O)C2CCCN2S(=O)(=O)c2ccc(Cl)cc2)sc2c(C)cc(C)cc21. The molecule has 3 aromatic rings. The summed E-state index contributed by atoms with van der Waals surface area (Å²) < 4.78 is 30.7. The lowest BCUT2D eigenvalue weighted by Crippen LogP contribution is -2.40. The molecule has 1 atom stereocenters. The number of hydrogen-bond donors (Lipinski definition) is 0. The highest BCUT2D eigenvalue weighted by Gasteiger charge is 2.39. The maximum absolute atomic E-state index is 13.2. The maximum Gasteiger partial charge on any atom is 0.266 e. The van der Waals surface area contributed by atoms with E-state index in [4.69, 9.17) is 11.6 Å². The van der Waals surface area contributed by atoms with Crippen LogP contribution in [0.2, 0.25) is 5.02 Å². The van der Waals surface area contributed by atoms with E-state index in [9.17, 15) is 13.2 Å². The Morgan fingerprint density at radius 2 is 1.94 bits per heavy atom. The van der Waals surface area contributed by atoms with E-state index in [0.29, 0.717) is 35.8 Å². The van der Waals surface area contributed by atoms with Crippen molar-refractivity contribution in [2.24, 2.45) is 4.99 Å². The molecule has 1 fully saturated rings. The lowest BCUT2D eigenvalue weighted by molar-refractivity contribution is -0.121. The fourth-order valence-electron chi connectivity index (χ4n) is 4.09. The van der Waals surface area contributed by atoms with Gasteiger partial charge in [-0.05, 0) is 75.1 Å². The monoisotopic (exact) mass is 477 g/mol. The highest BCUT2D eigenvalue weighted by atomic mass is 35.5. The number of amides is 1. The van der Waals surface area contributed by atoms with Gasteiger partial charge in [0.15, 0.2) is 4.80 Å². The van der Waals surface area contributed by atoms with Crippen molar-refractivity contribution in [1.29, 1.82) is 0 Å². The van der Waals surface area contributed by atoms with Crippen molar-refractivity contribution in [2.45, 2.75) is 51.1 Å². The molecule has 0 spiro atoms. The van der Waals surface area contributed by atoms with E-state index in [0.717, 1.165) is 21.3 Å². The zero-order chi connectivity index (χ0) is 22.3. The van der Waals surface area contributed by atoms with Gasteiger partial charge in [-0.1, -0.05) is 29.0 Å². The quantitative estimate of drug-likeness (QED) is 0.563. The highest BCUT2D eigenvalue weighted by Crippen LogP contribution is 2.28. The van der Waals surface area contributed by atoms with Crippen LogP contribution in [0.15, 0.2) is 46.3 Å². The van der Waals surface area contributed by atoms with Crippen molar-refractivity contribution < 1.29 is 13.2 Å². The zero-order valence-electron chi connectivity index (χ0n) is 17.6.